The highest BCUT2D eigenvalue weighted by Crippen LogP contribution is 2.53. The van der Waals surface area contributed by atoms with E-state index in [9.17, 15) is 33.6 Å². The molecule has 3 aliphatic heterocycles. The van der Waals surface area contributed by atoms with E-state index in [1.807, 2.05) is 0 Å². The lowest BCUT2D eigenvalue weighted by molar-refractivity contribution is -0.0662. The number of fused-ring (bicyclic) bond motifs is 4. The number of anilines is 1. The fourth-order valence-electron chi connectivity index (χ4n) is 5.55. The lowest BCUT2D eigenvalue weighted by atomic mass is 10.1. The number of rotatable bonds is 2. The average molecular weight is 688 g/mol. The Hall–Kier alpha value is -3.44. The van der Waals surface area contributed by atoms with Gasteiger partial charge in [0.2, 0.25) is 5.95 Å². The normalized spacial score (nSPS) is 37.2. The number of aromatic amines is 2. The van der Waals surface area contributed by atoms with Crippen molar-refractivity contribution < 1.29 is 51.6 Å². The van der Waals surface area contributed by atoms with Crippen molar-refractivity contribution in [2.24, 2.45) is 5.73 Å². The summed E-state index contributed by atoms with van der Waals surface area (Å²) in [5.74, 6) is -0.00472. The standard InChI is InChI=1S/C21H26N10O13P2/c1-6-26-15-10(17(33)27-6)24-4-30(15)19-9(22)13-7(41-19)2-39-46(37,38)44-14-8(3-40-45(35,36)43-13)42-20(12(14)32)31-5-25-11-16(31)28-21(23)29-18(11)34/h4-5,7-9,12-14,19-20,32H,2-3,22H2,1H3,(H,35,36)(H,37,38)(H,26,27,33)(H3,23,28,29,34). The van der Waals surface area contributed by atoms with Crippen molar-refractivity contribution >= 4 is 43.9 Å². The summed E-state index contributed by atoms with van der Waals surface area (Å²) in [6.45, 7) is -0.0401. The summed E-state index contributed by atoms with van der Waals surface area (Å²) in [4.78, 5) is 66.9. The number of aliphatic hydroxyl groups is 1. The van der Waals surface area contributed by atoms with Crippen molar-refractivity contribution in [1.82, 2.24) is 39.0 Å². The zero-order chi connectivity index (χ0) is 32.7. The van der Waals surface area contributed by atoms with Gasteiger partial charge < -0.3 is 40.8 Å². The lowest BCUT2D eigenvalue weighted by Crippen LogP contribution is -2.42. The maximum absolute atomic E-state index is 13.2. The third-order valence-corrected chi connectivity index (χ3v) is 9.53. The number of nitrogens with one attached hydrogen (secondary N) is 2. The molecule has 0 spiro atoms. The monoisotopic (exact) mass is 688 g/mol. The van der Waals surface area contributed by atoms with Gasteiger partial charge in [-0.2, -0.15) is 4.98 Å². The number of hydrogen-bond donors (Lipinski definition) is 7. The van der Waals surface area contributed by atoms with E-state index < -0.39 is 89.0 Å². The molecule has 3 saturated heterocycles. The minimum Gasteiger partial charge on any atom is -0.386 e. The molecule has 9 N–H and O–H groups in total. The topological polar surface area (TPSA) is 329 Å². The molecule has 46 heavy (non-hydrogen) atoms. The van der Waals surface area contributed by atoms with E-state index in [1.165, 1.54) is 10.9 Å². The Kier molecular flexibility index (Phi) is 7.51. The third kappa shape index (κ3) is 5.39. The molecule has 248 valence electrons. The van der Waals surface area contributed by atoms with Gasteiger partial charge in [-0.15, -0.1) is 0 Å². The maximum Gasteiger partial charge on any atom is 0.472 e. The number of nitrogen functional groups attached to an aromatic ring is 1. The fraction of sp³-hybridized carbons (Fsp3) is 0.524. The van der Waals surface area contributed by atoms with E-state index in [-0.39, 0.29) is 34.1 Å². The molecule has 0 saturated carbocycles. The number of imidazole rings is 2. The van der Waals surface area contributed by atoms with Crippen LogP contribution in [0.4, 0.5) is 5.95 Å². The zero-order valence-corrected chi connectivity index (χ0v) is 25.1. The Morgan fingerprint density at radius 1 is 0.870 bits per heavy atom. The van der Waals surface area contributed by atoms with Gasteiger partial charge in [0.15, 0.2) is 34.8 Å². The molecule has 23 nitrogen and oxygen atoms in total. The number of phosphoric ester groups is 2. The molecule has 4 aromatic rings. The van der Waals surface area contributed by atoms with Crippen molar-refractivity contribution in [3.63, 3.8) is 0 Å². The van der Waals surface area contributed by atoms with Crippen LogP contribution in [0.2, 0.25) is 0 Å². The van der Waals surface area contributed by atoms with Crippen molar-refractivity contribution in [2.45, 2.75) is 55.9 Å². The van der Waals surface area contributed by atoms with Gasteiger partial charge >= 0.3 is 15.6 Å². The minimum absolute atomic E-state index is 0.0352. The number of H-pyrrole nitrogens is 2. The predicted octanol–water partition coefficient (Wildman–Crippen LogP) is -2.36. The first-order valence-corrected chi connectivity index (χ1v) is 16.4. The molecule has 10 unspecified atom stereocenters. The summed E-state index contributed by atoms with van der Waals surface area (Å²) in [6, 6.07) is -1.25. The summed E-state index contributed by atoms with van der Waals surface area (Å²) in [6.07, 6.45) is -8.11. The molecule has 0 radical (unpaired) electrons. The van der Waals surface area contributed by atoms with Gasteiger partial charge in [0.25, 0.3) is 11.1 Å². The number of aliphatic hydroxyl groups excluding tert-OH is 1. The van der Waals surface area contributed by atoms with Gasteiger partial charge in [-0.05, 0) is 6.92 Å². The highest BCUT2D eigenvalue weighted by Gasteiger charge is 2.53. The molecule has 0 aromatic carbocycles. The van der Waals surface area contributed by atoms with E-state index in [2.05, 4.69) is 29.9 Å². The molecule has 0 bridgehead atoms. The van der Waals surface area contributed by atoms with Crippen LogP contribution in [0.15, 0.2) is 22.2 Å². The summed E-state index contributed by atoms with van der Waals surface area (Å²) >= 11 is 0. The third-order valence-electron chi connectivity index (χ3n) is 7.56. The molecular formula is C21H26N10O13P2. The fourth-order valence-corrected chi connectivity index (χ4v) is 7.49. The van der Waals surface area contributed by atoms with Crippen LogP contribution in [0.1, 0.15) is 18.3 Å². The van der Waals surface area contributed by atoms with Gasteiger partial charge in [0.1, 0.15) is 36.3 Å². The second-order valence-electron chi connectivity index (χ2n) is 10.6. The van der Waals surface area contributed by atoms with E-state index >= 15 is 0 Å². The SMILES string of the molecule is Cc1nc2c(ncn2C2OC3COP(=O)(O)OC4C(COP(=O)(O)OC3C2N)OC(n2cnc3c(=O)[nH]c(N)nc32)C4O)c(=O)[nH]1. The molecule has 3 aliphatic rings. The van der Waals surface area contributed by atoms with Crippen LogP contribution in [-0.4, -0.2) is 104 Å². The van der Waals surface area contributed by atoms with Crippen LogP contribution in [0.3, 0.4) is 0 Å². The van der Waals surface area contributed by atoms with Crippen LogP contribution < -0.4 is 22.6 Å². The Labute approximate surface area is 254 Å². The number of phosphoric acid groups is 2. The van der Waals surface area contributed by atoms with E-state index in [1.54, 1.807) is 6.92 Å². The summed E-state index contributed by atoms with van der Waals surface area (Å²) in [5, 5.41) is 11.1. The predicted molar refractivity (Wildman–Crippen MR) is 149 cm³/mol. The highest BCUT2D eigenvalue weighted by molar-refractivity contribution is 7.47. The Balaban J connectivity index is 1.18. The van der Waals surface area contributed by atoms with Gasteiger partial charge in [-0.3, -0.25) is 41.8 Å². The molecule has 7 heterocycles. The lowest BCUT2D eigenvalue weighted by Gasteiger charge is -2.28. The van der Waals surface area contributed by atoms with Crippen molar-refractivity contribution in [3.05, 3.63) is 39.2 Å². The quantitative estimate of drug-likeness (QED) is 0.108. The van der Waals surface area contributed by atoms with Gasteiger partial charge in [-0.1, -0.05) is 0 Å². The molecule has 4 aromatic heterocycles. The Morgan fingerprint density at radius 2 is 1.39 bits per heavy atom. The number of aromatic nitrogens is 8. The first-order valence-electron chi connectivity index (χ1n) is 13.4. The van der Waals surface area contributed by atoms with Crippen molar-refractivity contribution in [1.29, 1.82) is 0 Å². The molecule has 3 fully saturated rings. The zero-order valence-electron chi connectivity index (χ0n) is 23.3. The minimum atomic E-state index is -5.04. The largest absolute Gasteiger partial charge is 0.472 e. The number of nitrogens with two attached hydrogens (primary N) is 2. The summed E-state index contributed by atoms with van der Waals surface area (Å²) in [5.41, 5.74) is 10.6. The molecule has 7 rings (SSSR count). The number of aryl methyl sites for hydroxylation is 1. The first kappa shape index (κ1) is 31.2. The number of nitrogens with zero attached hydrogens (tertiary/aromatic N) is 6. The van der Waals surface area contributed by atoms with Crippen molar-refractivity contribution in [3.8, 4) is 0 Å². The van der Waals surface area contributed by atoms with Crippen LogP contribution in [0, 0.1) is 6.92 Å². The van der Waals surface area contributed by atoms with E-state index in [0.29, 0.717) is 0 Å². The molecule has 25 heteroatoms. The van der Waals surface area contributed by atoms with Gasteiger partial charge in [0, 0.05) is 0 Å². The second kappa shape index (κ2) is 11.1. The maximum atomic E-state index is 13.2. The van der Waals surface area contributed by atoms with Crippen LogP contribution in [0.5, 0.6) is 0 Å². The molecule has 0 aliphatic carbocycles. The van der Waals surface area contributed by atoms with Gasteiger partial charge in [-0.25, -0.2) is 24.1 Å². The van der Waals surface area contributed by atoms with Crippen LogP contribution in [0.25, 0.3) is 22.3 Å². The molecular weight excluding hydrogens is 662 g/mol. The van der Waals surface area contributed by atoms with Crippen molar-refractivity contribution in [2.75, 3.05) is 18.9 Å². The smallest absolute Gasteiger partial charge is 0.386 e. The molecule has 10 atom stereocenters. The van der Waals surface area contributed by atoms with Crippen LogP contribution in [-0.2, 0) is 36.7 Å². The Morgan fingerprint density at radius 3 is 2.04 bits per heavy atom. The number of hydrogen-bond acceptors (Lipinski definition) is 17. The highest BCUT2D eigenvalue weighted by atomic mass is 31.2. The van der Waals surface area contributed by atoms with Crippen LogP contribution >= 0.6 is 15.6 Å². The van der Waals surface area contributed by atoms with E-state index in [0.717, 1.165) is 10.9 Å². The first-order chi connectivity index (χ1) is 21.7. The Bertz CT molecular complexity index is 1900. The summed E-state index contributed by atoms with van der Waals surface area (Å²) in [7, 11) is -10.0. The van der Waals surface area contributed by atoms with Gasteiger partial charge in [0.05, 0.1) is 31.9 Å². The number of ether oxygens (including phenoxy) is 2. The second-order valence-corrected chi connectivity index (χ2v) is 13.4. The molecule has 0 amide bonds. The summed E-state index contributed by atoms with van der Waals surface area (Å²) < 4.78 is 61.4. The van der Waals surface area contributed by atoms with E-state index in [4.69, 9.17) is 39.0 Å². The average Bonchev–Trinajstić information content (AvgIpc) is 3.72.